The zero-order valence-corrected chi connectivity index (χ0v) is 18.8. The number of fused-ring (bicyclic) bond motifs is 1. The Morgan fingerprint density at radius 2 is 1.67 bits per heavy atom. The van der Waals surface area contributed by atoms with E-state index in [1.54, 1.807) is 24.1 Å². The fourth-order valence-corrected chi connectivity index (χ4v) is 3.55. The van der Waals surface area contributed by atoms with Gasteiger partial charge in [-0.3, -0.25) is 14.4 Å². The second-order valence-electron chi connectivity index (χ2n) is 8.53. The van der Waals surface area contributed by atoms with Gasteiger partial charge >= 0.3 is 0 Å². The summed E-state index contributed by atoms with van der Waals surface area (Å²) in [7, 11) is 1.71. The number of carbonyl (C=O) groups is 3. The maximum absolute atomic E-state index is 13.1. The number of anilines is 1. The lowest BCUT2D eigenvalue weighted by atomic mass is 9.93. The smallest absolute Gasteiger partial charge is 0.266 e. The molecule has 0 radical (unpaired) electrons. The van der Waals surface area contributed by atoms with Crippen LogP contribution in [0, 0.1) is 19.3 Å². The van der Waals surface area contributed by atoms with E-state index < -0.39 is 5.91 Å². The van der Waals surface area contributed by atoms with Gasteiger partial charge in [0.15, 0.2) is 0 Å². The lowest BCUT2D eigenvalue weighted by molar-refractivity contribution is 0.0740. The third-order valence-corrected chi connectivity index (χ3v) is 5.30. The third-order valence-electron chi connectivity index (χ3n) is 5.30. The van der Waals surface area contributed by atoms with Crippen LogP contribution in [0.15, 0.2) is 36.4 Å². The molecule has 0 atom stereocenters. The number of nitrogens with two attached hydrogens (primary N) is 1. The highest BCUT2D eigenvalue weighted by atomic mass is 35.5. The first-order valence-electron chi connectivity index (χ1n) is 9.61. The molecule has 160 valence electrons. The number of carbonyl (C=O) groups excluding carboxylic acids is 3. The number of amides is 3. The highest BCUT2D eigenvalue weighted by Gasteiger charge is 2.38. The molecule has 1 aliphatic rings. The van der Waals surface area contributed by atoms with Crippen molar-refractivity contribution < 1.29 is 14.4 Å². The SMILES string of the molecule is Cc1ccc(C)c(N2C(=O)c3ccc(C(=O)N(C)CC(C)(C)CN)cc3C2=O)c1.Cl. The van der Waals surface area contributed by atoms with Gasteiger partial charge in [-0.1, -0.05) is 26.0 Å². The lowest BCUT2D eigenvalue weighted by Crippen LogP contribution is -2.39. The molecule has 6 nitrogen and oxygen atoms in total. The van der Waals surface area contributed by atoms with Crippen LogP contribution in [0.3, 0.4) is 0 Å². The number of rotatable bonds is 5. The zero-order valence-electron chi connectivity index (χ0n) is 18.0. The Hall–Kier alpha value is -2.70. The van der Waals surface area contributed by atoms with Crippen molar-refractivity contribution in [1.29, 1.82) is 0 Å². The van der Waals surface area contributed by atoms with Gasteiger partial charge in [0, 0.05) is 19.2 Å². The van der Waals surface area contributed by atoms with E-state index in [2.05, 4.69) is 0 Å². The van der Waals surface area contributed by atoms with Crippen LogP contribution in [0.1, 0.15) is 56.0 Å². The summed E-state index contributed by atoms with van der Waals surface area (Å²) in [5.74, 6) is -0.978. The van der Waals surface area contributed by atoms with Gasteiger partial charge in [-0.2, -0.15) is 0 Å². The van der Waals surface area contributed by atoms with Crippen molar-refractivity contribution in [2.75, 3.05) is 25.0 Å². The van der Waals surface area contributed by atoms with E-state index in [-0.39, 0.29) is 35.2 Å². The summed E-state index contributed by atoms with van der Waals surface area (Å²) in [5, 5.41) is 0. The van der Waals surface area contributed by atoms with Crippen LogP contribution < -0.4 is 10.6 Å². The molecule has 0 bridgehead atoms. The quantitative estimate of drug-likeness (QED) is 0.736. The second kappa shape index (κ2) is 8.58. The van der Waals surface area contributed by atoms with Crippen molar-refractivity contribution in [3.63, 3.8) is 0 Å². The first-order chi connectivity index (χ1) is 13.6. The summed E-state index contributed by atoms with van der Waals surface area (Å²) < 4.78 is 0. The largest absolute Gasteiger partial charge is 0.341 e. The summed E-state index contributed by atoms with van der Waals surface area (Å²) in [6.07, 6.45) is 0. The number of hydrogen-bond acceptors (Lipinski definition) is 4. The van der Waals surface area contributed by atoms with E-state index in [0.717, 1.165) is 11.1 Å². The maximum atomic E-state index is 13.1. The standard InChI is InChI=1S/C23H27N3O3.ClH/c1-14-6-7-15(2)19(10-14)26-21(28)17-9-8-16(11-18(17)22(26)29)20(27)25(5)13-23(3,4)12-24;/h6-11H,12-13,24H2,1-5H3;1H. The minimum Gasteiger partial charge on any atom is -0.341 e. The maximum Gasteiger partial charge on any atom is 0.266 e. The van der Waals surface area contributed by atoms with Gasteiger partial charge in [0.25, 0.3) is 17.7 Å². The molecule has 0 aromatic heterocycles. The number of hydrogen-bond donors (Lipinski definition) is 1. The van der Waals surface area contributed by atoms with E-state index in [9.17, 15) is 14.4 Å². The Labute approximate surface area is 183 Å². The number of imide groups is 1. The van der Waals surface area contributed by atoms with Crippen LogP contribution in [0.25, 0.3) is 0 Å². The minimum absolute atomic E-state index is 0. The van der Waals surface area contributed by atoms with E-state index in [1.807, 2.05) is 45.9 Å². The van der Waals surface area contributed by atoms with E-state index in [0.29, 0.717) is 29.9 Å². The molecule has 7 heteroatoms. The molecule has 0 aliphatic carbocycles. The van der Waals surface area contributed by atoms with Crippen molar-refractivity contribution in [3.05, 3.63) is 64.2 Å². The number of benzene rings is 2. The molecule has 0 saturated heterocycles. The van der Waals surface area contributed by atoms with Gasteiger partial charge in [-0.05, 0) is 61.2 Å². The Morgan fingerprint density at radius 3 is 2.30 bits per heavy atom. The number of halogens is 1. The van der Waals surface area contributed by atoms with Crippen LogP contribution in [0.4, 0.5) is 5.69 Å². The molecule has 2 aromatic carbocycles. The summed E-state index contributed by atoms with van der Waals surface area (Å²) in [4.78, 5) is 41.6. The van der Waals surface area contributed by atoms with Gasteiger partial charge in [0.05, 0.1) is 16.8 Å². The highest BCUT2D eigenvalue weighted by molar-refractivity contribution is 6.35. The molecule has 1 heterocycles. The summed E-state index contributed by atoms with van der Waals surface area (Å²) in [5.41, 5.74) is 8.88. The normalized spacial score (nSPS) is 13.2. The van der Waals surface area contributed by atoms with Crippen LogP contribution in [-0.2, 0) is 0 Å². The highest BCUT2D eigenvalue weighted by Crippen LogP contribution is 2.32. The molecule has 3 rings (SSSR count). The van der Waals surface area contributed by atoms with Crippen molar-refractivity contribution >= 4 is 35.8 Å². The zero-order chi connectivity index (χ0) is 21.5. The summed E-state index contributed by atoms with van der Waals surface area (Å²) in [6.45, 7) is 8.69. The molecule has 0 saturated carbocycles. The lowest BCUT2D eigenvalue weighted by Gasteiger charge is -2.29. The van der Waals surface area contributed by atoms with Crippen LogP contribution in [0.5, 0.6) is 0 Å². The molecule has 0 unspecified atom stereocenters. The monoisotopic (exact) mass is 429 g/mol. The van der Waals surface area contributed by atoms with E-state index >= 15 is 0 Å². The van der Waals surface area contributed by atoms with Crippen molar-refractivity contribution in [1.82, 2.24) is 4.90 Å². The van der Waals surface area contributed by atoms with E-state index in [1.165, 1.54) is 11.0 Å². The predicted octanol–water partition coefficient (Wildman–Crippen LogP) is 3.58. The number of aryl methyl sites for hydroxylation is 2. The van der Waals surface area contributed by atoms with Gasteiger partial charge in [0.1, 0.15) is 0 Å². The second-order valence-corrected chi connectivity index (χ2v) is 8.53. The Kier molecular flexibility index (Phi) is 6.74. The molecule has 0 spiro atoms. The average molecular weight is 430 g/mol. The number of nitrogens with zero attached hydrogens (tertiary/aromatic N) is 2. The molecular formula is C23H28ClN3O3. The first-order valence-corrected chi connectivity index (χ1v) is 9.61. The van der Waals surface area contributed by atoms with Crippen LogP contribution in [-0.4, -0.2) is 42.8 Å². The first kappa shape index (κ1) is 23.6. The van der Waals surface area contributed by atoms with Crippen molar-refractivity contribution in [2.24, 2.45) is 11.1 Å². The summed E-state index contributed by atoms with van der Waals surface area (Å²) in [6, 6.07) is 10.3. The molecular weight excluding hydrogens is 402 g/mol. The van der Waals surface area contributed by atoms with Crippen molar-refractivity contribution in [3.8, 4) is 0 Å². The molecule has 1 aliphatic heterocycles. The average Bonchev–Trinajstić information content (AvgIpc) is 2.93. The molecule has 2 N–H and O–H groups in total. The Morgan fingerprint density at radius 1 is 1.03 bits per heavy atom. The third kappa shape index (κ3) is 4.25. The fraction of sp³-hybridized carbons (Fsp3) is 0.348. The fourth-order valence-electron chi connectivity index (χ4n) is 3.55. The van der Waals surface area contributed by atoms with Crippen LogP contribution in [0.2, 0.25) is 0 Å². The molecule has 0 fully saturated rings. The Bertz CT molecular complexity index is 1020. The van der Waals surface area contributed by atoms with Gasteiger partial charge in [-0.25, -0.2) is 4.90 Å². The molecule has 3 amide bonds. The van der Waals surface area contributed by atoms with Crippen LogP contribution >= 0.6 is 12.4 Å². The van der Waals surface area contributed by atoms with Gasteiger partial charge in [-0.15, -0.1) is 12.4 Å². The molecule has 2 aromatic rings. The van der Waals surface area contributed by atoms with Gasteiger partial charge < -0.3 is 10.6 Å². The van der Waals surface area contributed by atoms with Crippen molar-refractivity contribution in [2.45, 2.75) is 27.7 Å². The topological polar surface area (TPSA) is 83.7 Å². The minimum atomic E-state index is -0.404. The predicted molar refractivity (Wildman–Crippen MR) is 121 cm³/mol. The Balaban J connectivity index is 0.00000320. The van der Waals surface area contributed by atoms with E-state index in [4.69, 9.17) is 5.73 Å². The van der Waals surface area contributed by atoms with Gasteiger partial charge in [0.2, 0.25) is 0 Å². The molecule has 30 heavy (non-hydrogen) atoms. The summed E-state index contributed by atoms with van der Waals surface area (Å²) >= 11 is 0.